The molecular weight excluding hydrogens is 374 g/mol. The van der Waals surface area contributed by atoms with Crippen LogP contribution < -0.4 is 5.32 Å². The molecule has 1 amide bonds. The van der Waals surface area contributed by atoms with Crippen molar-refractivity contribution in [1.82, 2.24) is 5.32 Å². The van der Waals surface area contributed by atoms with Crippen molar-refractivity contribution < 1.29 is 14.3 Å². The van der Waals surface area contributed by atoms with E-state index in [0.29, 0.717) is 19.4 Å². The fourth-order valence-corrected chi connectivity index (χ4v) is 3.96. The number of rotatable bonds is 20. The molecule has 1 atom stereocenters. The summed E-state index contributed by atoms with van der Waals surface area (Å²) in [7, 11) is 0. The average Bonchev–Trinajstić information content (AvgIpc) is 3.14. The highest BCUT2D eigenvalue weighted by Gasteiger charge is 2.27. The molecule has 1 unspecified atom stereocenters. The van der Waals surface area contributed by atoms with Gasteiger partial charge in [0, 0.05) is 12.8 Å². The summed E-state index contributed by atoms with van der Waals surface area (Å²) in [5.41, 5.74) is 0. The van der Waals surface area contributed by atoms with Crippen molar-refractivity contribution >= 4 is 11.9 Å². The highest BCUT2D eigenvalue weighted by molar-refractivity contribution is 5.85. The number of amides is 1. The Morgan fingerprint density at radius 1 is 0.833 bits per heavy atom. The minimum atomic E-state index is -0.409. The highest BCUT2D eigenvalue weighted by Crippen LogP contribution is 2.13. The lowest BCUT2D eigenvalue weighted by Crippen LogP contribution is -2.37. The van der Waals surface area contributed by atoms with Gasteiger partial charge in [-0.2, -0.15) is 0 Å². The van der Waals surface area contributed by atoms with Crippen LogP contribution in [0.3, 0.4) is 0 Å². The topological polar surface area (TPSA) is 55.4 Å². The molecular formula is C26H47NO3. The van der Waals surface area contributed by atoms with Crippen molar-refractivity contribution in [2.75, 3.05) is 6.61 Å². The van der Waals surface area contributed by atoms with Crippen molar-refractivity contribution in [2.24, 2.45) is 0 Å². The maximum absolute atomic E-state index is 11.8. The number of allylic oxidation sites excluding steroid dienone is 2. The number of unbranched alkanes of at least 4 members (excludes halogenated alkanes) is 15. The van der Waals surface area contributed by atoms with Gasteiger partial charge < -0.3 is 10.1 Å². The van der Waals surface area contributed by atoms with E-state index in [1.54, 1.807) is 0 Å². The number of hydrogen-bond acceptors (Lipinski definition) is 3. The second-order valence-electron chi connectivity index (χ2n) is 8.82. The molecule has 1 fully saturated rings. The lowest BCUT2D eigenvalue weighted by atomic mass is 10.1. The van der Waals surface area contributed by atoms with Gasteiger partial charge in [0.1, 0.15) is 6.04 Å². The molecule has 1 aliphatic rings. The molecule has 0 aromatic carbocycles. The summed E-state index contributed by atoms with van der Waals surface area (Å²) in [4.78, 5) is 23.1. The SMILES string of the molecule is CCCCCCCC/C=C\CCCCCCCCCCCC(=O)NC1CCOC1=O. The predicted molar refractivity (Wildman–Crippen MR) is 125 cm³/mol. The zero-order valence-corrected chi connectivity index (χ0v) is 19.6. The lowest BCUT2D eigenvalue weighted by Gasteiger charge is -2.08. The molecule has 174 valence electrons. The van der Waals surface area contributed by atoms with Crippen molar-refractivity contribution in [2.45, 2.75) is 135 Å². The van der Waals surface area contributed by atoms with Gasteiger partial charge in [-0.25, -0.2) is 4.79 Å². The molecule has 4 heteroatoms. The Kier molecular flexibility index (Phi) is 17.5. The maximum atomic E-state index is 11.8. The number of nitrogens with one attached hydrogen (secondary N) is 1. The van der Waals surface area contributed by atoms with Crippen molar-refractivity contribution in [3.05, 3.63) is 12.2 Å². The molecule has 0 radical (unpaired) electrons. The second kappa shape index (κ2) is 19.6. The van der Waals surface area contributed by atoms with Crippen LogP contribution in [0.15, 0.2) is 12.2 Å². The van der Waals surface area contributed by atoms with Gasteiger partial charge in [0.25, 0.3) is 0 Å². The minimum Gasteiger partial charge on any atom is -0.464 e. The van der Waals surface area contributed by atoms with Crippen LogP contribution in [0.1, 0.15) is 129 Å². The van der Waals surface area contributed by atoms with Gasteiger partial charge in [-0.15, -0.1) is 0 Å². The fraction of sp³-hybridized carbons (Fsp3) is 0.846. The summed E-state index contributed by atoms with van der Waals surface area (Å²) in [6.07, 6.45) is 27.9. The number of esters is 1. The largest absolute Gasteiger partial charge is 0.464 e. The zero-order chi connectivity index (χ0) is 21.7. The standard InChI is InChI=1S/C26H47NO3/c1-2-3-4-5-6-7-8-9-10-11-12-13-14-15-16-17-18-19-20-21-25(28)27-24-22-23-30-26(24)29/h9-10,24H,2-8,11-23H2,1H3,(H,27,28)/b10-9-. The smallest absolute Gasteiger partial charge is 0.328 e. The second-order valence-corrected chi connectivity index (χ2v) is 8.82. The van der Waals surface area contributed by atoms with Crippen molar-refractivity contribution in [3.63, 3.8) is 0 Å². The normalized spacial score (nSPS) is 16.3. The van der Waals surface area contributed by atoms with E-state index in [1.165, 1.54) is 96.3 Å². The first-order chi connectivity index (χ1) is 14.7. The summed E-state index contributed by atoms with van der Waals surface area (Å²) in [6.45, 7) is 2.70. The van der Waals surface area contributed by atoms with Gasteiger partial charge in [-0.05, 0) is 32.1 Å². The summed E-state index contributed by atoms with van der Waals surface area (Å²) in [6, 6.07) is -0.409. The Labute approximate surface area is 185 Å². The van der Waals surface area contributed by atoms with Gasteiger partial charge in [-0.3, -0.25) is 4.79 Å². The van der Waals surface area contributed by atoms with E-state index >= 15 is 0 Å². The Hall–Kier alpha value is -1.32. The van der Waals surface area contributed by atoms with E-state index in [1.807, 2.05) is 0 Å². The van der Waals surface area contributed by atoms with E-state index < -0.39 is 6.04 Å². The maximum Gasteiger partial charge on any atom is 0.328 e. The van der Waals surface area contributed by atoms with Crippen molar-refractivity contribution in [3.8, 4) is 0 Å². The molecule has 4 nitrogen and oxygen atoms in total. The first kappa shape index (κ1) is 26.7. The number of hydrogen-bond donors (Lipinski definition) is 1. The third-order valence-corrected chi connectivity index (χ3v) is 5.94. The number of cyclic esters (lactones) is 1. The summed E-state index contributed by atoms with van der Waals surface area (Å²) in [5, 5.41) is 2.77. The zero-order valence-electron chi connectivity index (χ0n) is 19.6. The molecule has 1 rings (SSSR count). The molecule has 1 N–H and O–H groups in total. The molecule has 1 saturated heterocycles. The Bertz CT molecular complexity index is 461. The molecule has 0 aromatic heterocycles. The van der Waals surface area contributed by atoms with Crippen LogP contribution in [0, 0.1) is 0 Å². The van der Waals surface area contributed by atoms with E-state index in [-0.39, 0.29) is 11.9 Å². The summed E-state index contributed by atoms with van der Waals surface area (Å²) in [5.74, 6) is -0.299. The molecule has 0 saturated carbocycles. The van der Waals surface area contributed by atoms with Crippen LogP contribution in [0.25, 0.3) is 0 Å². The third-order valence-electron chi connectivity index (χ3n) is 5.94. The van der Waals surface area contributed by atoms with Crippen LogP contribution in [0.2, 0.25) is 0 Å². The molecule has 0 aromatic rings. The summed E-state index contributed by atoms with van der Waals surface area (Å²) >= 11 is 0. The molecule has 0 bridgehead atoms. The molecule has 0 aliphatic carbocycles. The van der Waals surface area contributed by atoms with Crippen molar-refractivity contribution in [1.29, 1.82) is 0 Å². The van der Waals surface area contributed by atoms with E-state index in [4.69, 9.17) is 4.74 Å². The Balaban J connectivity index is 1.75. The predicted octanol–water partition coefficient (Wildman–Crippen LogP) is 7.02. The average molecular weight is 422 g/mol. The molecule has 1 aliphatic heterocycles. The van der Waals surface area contributed by atoms with Crippen LogP contribution in [0.5, 0.6) is 0 Å². The first-order valence-corrected chi connectivity index (χ1v) is 12.8. The van der Waals surface area contributed by atoms with E-state index in [2.05, 4.69) is 24.4 Å². The number of carbonyl (C=O) groups is 2. The van der Waals surface area contributed by atoms with Crippen LogP contribution in [-0.4, -0.2) is 24.5 Å². The fourth-order valence-electron chi connectivity index (χ4n) is 3.96. The molecule has 1 heterocycles. The molecule has 0 spiro atoms. The Morgan fingerprint density at radius 2 is 1.33 bits per heavy atom. The highest BCUT2D eigenvalue weighted by atomic mass is 16.5. The monoisotopic (exact) mass is 421 g/mol. The summed E-state index contributed by atoms with van der Waals surface area (Å²) < 4.78 is 4.85. The van der Waals surface area contributed by atoms with Gasteiger partial charge in [0.2, 0.25) is 5.91 Å². The lowest BCUT2D eigenvalue weighted by molar-refractivity contribution is -0.141. The van der Waals surface area contributed by atoms with Crippen LogP contribution >= 0.6 is 0 Å². The van der Waals surface area contributed by atoms with Gasteiger partial charge in [0.15, 0.2) is 0 Å². The van der Waals surface area contributed by atoms with Gasteiger partial charge in [0.05, 0.1) is 6.61 Å². The third kappa shape index (κ3) is 15.5. The van der Waals surface area contributed by atoms with Gasteiger partial charge in [-0.1, -0.05) is 96.1 Å². The van der Waals surface area contributed by atoms with Crippen LogP contribution in [-0.2, 0) is 14.3 Å². The van der Waals surface area contributed by atoms with E-state index in [0.717, 1.165) is 12.8 Å². The Morgan fingerprint density at radius 3 is 1.83 bits per heavy atom. The number of carbonyl (C=O) groups excluding carboxylic acids is 2. The van der Waals surface area contributed by atoms with Crippen LogP contribution in [0.4, 0.5) is 0 Å². The first-order valence-electron chi connectivity index (χ1n) is 12.8. The van der Waals surface area contributed by atoms with Gasteiger partial charge >= 0.3 is 5.97 Å². The quantitative estimate of drug-likeness (QED) is 0.131. The van der Waals surface area contributed by atoms with E-state index in [9.17, 15) is 9.59 Å². The molecule has 30 heavy (non-hydrogen) atoms. The number of ether oxygens (including phenoxy) is 1. The minimum absolute atomic E-state index is 0.0140.